The fraction of sp³-hybridized carbons (Fsp3) is 0.400. The zero-order valence-corrected chi connectivity index (χ0v) is 18.8. The molecular formula is C25H27FN2O5. The lowest BCUT2D eigenvalue weighted by Crippen LogP contribution is -2.46. The summed E-state index contributed by atoms with van der Waals surface area (Å²) in [6.45, 7) is 0.975. The first-order chi connectivity index (χ1) is 15.8. The Morgan fingerprint density at radius 3 is 2.18 bits per heavy atom. The second-order valence-electron chi connectivity index (χ2n) is 8.57. The number of hydrogen-bond acceptors (Lipinski definition) is 5. The summed E-state index contributed by atoms with van der Waals surface area (Å²) in [5.74, 6) is 0.0866. The van der Waals surface area contributed by atoms with Crippen LogP contribution < -0.4 is 9.47 Å². The summed E-state index contributed by atoms with van der Waals surface area (Å²) < 4.78 is 24.2. The van der Waals surface area contributed by atoms with E-state index < -0.39 is 5.41 Å². The Labute approximate surface area is 192 Å². The van der Waals surface area contributed by atoms with Crippen LogP contribution in [0.1, 0.15) is 31.2 Å². The maximum absolute atomic E-state index is 13.3. The molecule has 174 valence electrons. The number of rotatable bonds is 6. The van der Waals surface area contributed by atoms with Gasteiger partial charge in [0.2, 0.25) is 17.7 Å². The lowest BCUT2D eigenvalue weighted by molar-refractivity contribution is -0.142. The quantitative estimate of drug-likeness (QED) is 0.628. The SMILES string of the molecule is COc1ccc([C@]2(CC(=O)N3CCC(Oc4ccc(F)cc4)CC3)CC(=O)N(C)C2=O)cc1. The molecule has 1 atom stereocenters. The molecule has 0 bridgehead atoms. The van der Waals surface area contributed by atoms with Gasteiger partial charge in [-0.1, -0.05) is 12.1 Å². The number of nitrogens with zero attached hydrogens (tertiary/aromatic N) is 2. The number of imide groups is 1. The van der Waals surface area contributed by atoms with Crippen LogP contribution in [0.2, 0.25) is 0 Å². The van der Waals surface area contributed by atoms with Crippen molar-refractivity contribution in [3.05, 3.63) is 59.9 Å². The summed E-state index contributed by atoms with van der Waals surface area (Å²) in [5.41, 5.74) is -0.578. The molecule has 2 heterocycles. The topological polar surface area (TPSA) is 76.2 Å². The Hall–Kier alpha value is -3.42. The van der Waals surface area contributed by atoms with Gasteiger partial charge in [-0.25, -0.2) is 4.39 Å². The maximum atomic E-state index is 13.3. The molecule has 2 aliphatic heterocycles. The van der Waals surface area contributed by atoms with Gasteiger partial charge in [0.05, 0.1) is 12.5 Å². The lowest BCUT2D eigenvalue weighted by atomic mass is 9.75. The van der Waals surface area contributed by atoms with Crippen LogP contribution in [0.4, 0.5) is 4.39 Å². The van der Waals surface area contributed by atoms with Crippen molar-refractivity contribution in [3.63, 3.8) is 0 Å². The molecule has 0 N–H and O–H groups in total. The minimum atomic E-state index is -1.21. The molecular weight excluding hydrogens is 427 g/mol. The van der Waals surface area contributed by atoms with E-state index in [1.165, 1.54) is 19.2 Å². The average Bonchev–Trinajstić information content (AvgIpc) is 3.05. The van der Waals surface area contributed by atoms with Crippen molar-refractivity contribution < 1.29 is 28.2 Å². The van der Waals surface area contributed by atoms with Crippen LogP contribution in [-0.2, 0) is 19.8 Å². The minimum absolute atomic E-state index is 0.0372. The highest BCUT2D eigenvalue weighted by atomic mass is 19.1. The van der Waals surface area contributed by atoms with Crippen LogP contribution in [0.5, 0.6) is 11.5 Å². The number of amides is 3. The van der Waals surface area contributed by atoms with Crippen molar-refractivity contribution in [2.45, 2.75) is 37.2 Å². The monoisotopic (exact) mass is 454 g/mol. The van der Waals surface area contributed by atoms with E-state index in [1.54, 1.807) is 48.4 Å². The van der Waals surface area contributed by atoms with E-state index in [9.17, 15) is 18.8 Å². The molecule has 4 rings (SSSR count). The second kappa shape index (κ2) is 9.21. The number of ether oxygens (including phenoxy) is 2. The first-order valence-corrected chi connectivity index (χ1v) is 11.0. The highest BCUT2D eigenvalue weighted by Crippen LogP contribution is 2.40. The van der Waals surface area contributed by atoms with Gasteiger partial charge in [-0.2, -0.15) is 0 Å². The third-order valence-corrected chi connectivity index (χ3v) is 6.55. The van der Waals surface area contributed by atoms with E-state index in [0.717, 1.165) is 4.90 Å². The fourth-order valence-electron chi connectivity index (χ4n) is 4.56. The molecule has 0 aromatic heterocycles. The number of likely N-dealkylation sites (N-methyl/N-ethyl adjacent to an activating group) is 1. The lowest BCUT2D eigenvalue weighted by Gasteiger charge is -2.35. The molecule has 0 aliphatic carbocycles. The molecule has 2 aromatic carbocycles. The van der Waals surface area contributed by atoms with Gasteiger partial charge < -0.3 is 14.4 Å². The van der Waals surface area contributed by atoms with E-state index >= 15 is 0 Å². The van der Waals surface area contributed by atoms with Crippen molar-refractivity contribution in [2.24, 2.45) is 0 Å². The Morgan fingerprint density at radius 2 is 1.64 bits per heavy atom. The molecule has 8 heteroatoms. The van der Waals surface area contributed by atoms with Gasteiger partial charge in [0.15, 0.2) is 0 Å². The summed E-state index contributed by atoms with van der Waals surface area (Å²) in [4.78, 5) is 41.6. The standard InChI is InChI=1S/C25H27FN2O5/c1-27-22(29)15-25(24(27)31,17-3-7-19(32-2)8-4-17)16-23(30)28-13-11-21(12-14-28)33-20-9-5-18(26)6-10-20/h3-10,21H,11-16H2,1-2H3/t25-/m1/s1. The average molecular weight is 454 g/mol. The molecule has 3 amide bonds. The largest absolute Gasteiger partial charge is 0.497 e. The molecule has 0 saturated carbocycles. The van der Waals surface area contributed by atoms with Crippen LogP contribution in [0, 0.1) is 5.82 Å². The van der Waals surface area contributed by atoms with Crippen LogP contribution in [0.15, 0.2) is 48.5 Å². The number of methoxy groups -OCH3 is 1. The van der Waals surface area contributed by atoms with Gasteiger partial charge >= 0.3 is 0 Å². The summed E-state index contributed by atoms with van der Waals surface area (Å²) in [6, 6.07) is 12.8. The summed E-state index contributed by atoms with van der Waals surface area (Å²) in [7, 11) is 3.01. The smallest absolute Gasteiger partial charge is 0.240 e. The van der Waals surface area contributed by atoms with Crippen molar-refractivity contribution in [2.75, 3.05) is 27.2 Å². The van der Waals surface area contributed by atoms with Gasteiger partial charge in [0, 0.05) is 45.8 Å². The molecule has 2 saturated heterocycles. The van der Waals surface area contributed by atoms with Crippen LogP contribution in [0.25, 0.3) is 0 Å². The first-order valence-electron chi connectivity index (χ1n) is 11.0. The Bertz CT molecular complexity index is 1030. The van der Waals surface area contributed by atoms with Crippen molar-refractivity contribution in [1.82, 2.24) is 9.80 Å². The van der Waals surface area contributed by atoms with Gasteiger partial charge in [0.1, 0.15) is 23.4 Å². The molecule has 2 fully saturated rings. The third-order valence-electron chi connectivity index (χ3n) is 6.55. The van der Waals surface area contributed by atoms with Gasteiger partial charge in [-0.15, -0.1) is 0 Å². The number of piperidine rings is 1. The zero-order chi connectivity index (χ0) is 23.6. The van der Waals surface area contributed by atoms with Crippen LogP contribution in [0.3, 0.4) is 0 Å². The van der Waals surface area contributed by atoms with Crippen LogP contribution >= 0.6 is 0 Å². The number of carbonyl (C=O) groups is 3. The van der Waals surface area contributed by atoms with Crippen molar-refractivity contribution in [1.29, 1.82) is 0 Å². The van der Waals surface area contributed by atoms with E-state index in [0.29, 0.717) is 43.0 Å². The van der Waals surface area contributed by atoms with E-state index in [1.807, 2.05) is 0 Å². The summed E-state index contributed by atoms with van der Waals surface area (Å²) >= 11 is 0. The molecule has 2 aromatic rings. The van der Waals surface area contributed by atoms with Crippen LogP contribution in [-0.4, -0.2) is 60.9 Å². The minimum Gasteiger partial charge on any atom is -0.497 e. The van der Waals surface area contributed by atoms with E-state index in [4.69, 9.17) is 9.47 Å². The summed E-state index contributed by atoms with van der Waals surface area (Å²) in [5, 5.41) is 0. The predicted octanol–water partition coefficient (Wildman–Crippen LogP) is 2.92. The molecule has 0 unspecified atom stereocenters. The fourth-order valence-corrected chi connectivity index (χ4v) is 4.56. The number of carbonyl (C=O) groups excluding carboxylic acids is 3. The molecule has 2 aliphatic rings. The predicted molar refractivity (Wildman–Crippen MR) is 118 cm³/mol. The highest BCUT2D eigenvalue weighted by Gasteiger charge is 2.53. The Morgan fingerprint density at radius 1 is 1.03 bits per heavy atom. The normalized spacial score (nSPS) is 21.4. The van der Waals surface area contributed by atoms with Gasteiger partial charge in [-0.05, 0) is 42.0 Å². The van der Waals surface area contributed by atoms with E-state index in [2.05, 4.69) is 0 Å². The number of benzene rings is 2. The van der Waals surface area contributed by atoms with Crippen molar-refractivity contribution in [3.8, 4) is 11.5 Å². The molecule has 0 spiro atoms. The summed E-state index contributed by atoms with van der Waals surface area (Å²) in [6.07, 6.45) is 1.08. The van der Waals surface area contributed by atoms with Gasteiger partial charge in [0.25, 0.3) is 0 Å². The van der Waals surface area contributed by atoms with E-state index in [-0.39, 0.29) is 42.5 Å². The third kappa shape index (κ3) is 4.55. The Kier molecular flexibility index (Phi) is 6.35. The number of likely N-dealkylation sites (tertiary alicyclic amines) is 2. The number of hydrogen-bond donors (Lipinski definition) is 0. The van der Waals surface area contributed by atoms with Crippen molar-refractivity contribution >= 4 is 17.7 Å². The highest BCUT2D eigenvalue weighted by molar-refractivity contribution is 6.10. The molecule has 0 radical (unpaired) electrons. The molecule has 7 nitrogen and oxygen atoms in total. The van der Waals surface area contributed by atoms with Gasteiger partial charge in [-0.3, -0.25) is 19.3 Å². The number of halogens is 1. The molecule has 33 heavy (non-hydrogen) atoms. The maximum Gasteiger partial charge on any atom is 0.240 e. The first kappa shape index (κ1) is 22.8. The zero-order valence-electron chi connectivity index (χ0n) is 18.8. The second-order valence-corrected chi connectivity index (χ2v) is 8.57. The Balaban J connectivity index is 1.45.